The molecule has 0 fully saturated rings. The Hall–Kier alpha value is -0.790. The molecule has 0 rings (SSSR count). The molecule has 3 nitrogen and oxygen atoms in total. The summed E-state index contributed by atoms with van der Waals surface area (Å²) >= 11 is 0. The van der Waals surface area contributed by atoms with Crippen LogP contribution in [0.1, 0.15) is 0 Å². The van der Waals surface area contributed by atoms with Gasteiger partial charge in [-0.15, -0.1) is 0 Å². The zero-order valence-corrected chi connectivity index (χ0v) is 4.23. The Balaban J connectivity index is 2.97. The van der Waals surface area contributed by atoms with Gasteiger partial charge >= 0.3 is 46.6 Å². The molecule has 0 aromatic rings. The first-order valence-electron chi connectivity index (χ1n) is 2.07. The van der Waals surface area contributed by atoms with Crippen molar-refractivity contribution < 1.29 is 9.90 Å². The molecule has 0 amide bonds. The van der Waals surface area contributed by atoms with Crippen molar-refractivity contribution in [2.45, 2.75) is 0 Å². The summed E-state index contributed by atoms with van der Waals surface area (Å²) in [6.45, 7) is -0.0557. The van der Waals surface area contributed by atoms with Crippen molar-refractivity contribution in [3.8, 4) is 5.92 Å². The van der Waals surface area contributed by atoms with E-state index in [1.807, 2.05) is 5.92 Å². The predicted octanol–water partition coefficient (Wildman–Crippen LogP) is -0.877. The molecule has 8 heavy (non-hydrogen) atoms. The first kappa shape index (κ1) is 7.21. The van der Waals surface area contributed by atoms with Crippen molar-refractivity contribution in [3.05, 3.63) is 6.42 Å². The van der Waals surface area contributed by atoms with E-state index in [1.165, 1.54) is 0 Å². The molecule has 0 aromatic heterocycles. The van der Waals surface area contributed by atoms with Gasteiger partial charge in [-0.3, -0.25) is 0 Å². The van der Waals surface area contributed by atoms with Gasteiger partial charge in [0.1, 0.15) is 0 Å². The molecule has 0 aliphatic rings. The van der Waals surface area contributed by atoms with Crippen LogP contribution in [-0.4, -0.2) is 19.1 Å². The quantitative estimate of drug-likeness (QED) is 0.292. The second-order valence-corrected chi connectivity index (χ2v) is 1.15. The van der Waals surface area contributed by atoms with Gasteiger partial charge in [-0.2, -0.15) is 0 Å². The van der Waals surface area contributed by atoms with Crippen LogP contribution in [0.25, 0.3) is 0 Å². The standard InChI is InChI=1S/C5H5NO2/c1-2-3-6-4-5(7)8/h6H,3-4H2/q+1. The minimum atomic E-state index is -1.17. The fourth-order valence-electron chi connectivity index (χ4n) is 0.227. The van der Waals surface area contributed by atoms with Crippen LogP contribution < -0.4 is 5.32 Å². The van der Waals surface area contributed by atoms with Gasteiger partial charge in [0.05, 0.1) is 0 Å². The van der Waals surface area contributed by atoms with Crippen LogP contribution in [0.4, 0.5) is 0 Å². The molecule has 1 radical (unpaired) electrons. The van der Waals surface area contributed by atoms with Crippen molar-refractivity contribution >= 4 is 5.97 Å². The first-order chi connectivity index (χ1) is 3.77. The zero-order chi connectivity index (χ0) is 6.41. The molecule has 3 heteroatoms. The van der Waals surface area contributed by atoms with Gasteiger partial charge < -0.3 is 0 Å². The Morgan fingerprint density at radius 2 is 2.38 bits per heavy atom. The maximum atomic E-state index is 9.61. The Labute approximate surface area is 47.7 Å². The average molecular weight is 111 g/mol. The van der Waals surface area contributed by atoms with Gasteiger partial charge in [-0.1, -0.05) is 0 Å². The summed E-state index contributed by atoms with van der Waals surface area (Å²) < 4.78 is 0. The Kier molecular flexibility index (Phi) is 3.94. The summed E-state index contributed by atoms with van der Waals surface area (Å²) in [7, 11) is 0. The Morgan fingerprint density at radius 1 is 1.75 bits per heavy atom. The predicted molar refractivity (Wildman–Crippen MR) is 25.7 cm³/mol. The van der Waals surface area contributed by atoms with E-state index < -0.39 is 5.97 Å². The molecule has 0 aromatic carbocycles. The van der Waals surface area contributed by atoms with Crippen LogP contribution in [-0.2, 0) is 9.90 Å². The molecule has 0 heterocycles. The molecule has 0 bridgehead atoms. The average Bonchev–Trinajstić information content (AvgIpc) is 1.66. The van der Waals surface area contributed by atoms with Gasteiger partial charge in [0.2, 0.25) is 0 Å². The fraction of sp³-hybridized carbons (Fsp3) is 0.400. The number of carbonyl (C=O) groups excluding carboxylic acids is 1. The molecule has 0 saturated heterocycles. The summed E-state index contributed by atoms with van der Waals surface area (Å²) in [5.41, 5.74) is 0. The third-order valence-corrected chi connectivity index (χ3v) is 0.483. The van der Waals surface area contributed by atoms with Crippen LogP contribution in [0.2, 0.25) is 0 Å². The van der Waals surface area contributed by atoms with Crippen molar-refractivity contribution in [2.24, 2.45) is 0 Å². The molecule has 0 unspecified atom stereocenters. The summed E-state index contributed by atoms with van der Waals surface area (Å²) in [6.07, 6.45) is 6.32. The van der Waals surface area contributed by atoms with Crippen LogP contribution in [0.5, 0.6) is 0 Å². The Bertz CT molecular complexity index is 114. The summed E-state index contributed by atoms with van der Waals surface area (Å²) in [5, 5.41) is 12.0. The molecule has 0 aliphatic carbocycles. The second kappa shape index (κ2) is 4.37. The van der Waals surface area contributed by atoms with Crippen molar-refractivity contribution in [1.82, 2.24) is 5.32 Å². The van der Waals surface area contributed by atoms with Crippen LogP contribution >= 0.6 is 0 Å². The molecule has 0 spiro atoms. The van der Waals surface area contributed by atoms with Gasteiger partial charge in [0.15, 0.2) is 0 Å². The number of carbonyl (C=O) groups is 1. The summed E-state index contributed by atoms with van der Waals surface area (Å²) in [5.74, 6) is 0.804. The van der Waals surface area contributed by atoms with Crippen molar-refractivity contribution in [1.29, 1.82) is 0 Å². The van der Waals surface area contributed by atoms with Crippen LogP contribution in [0.3, 0.4) is 0 Å². The van der Waals surface area contributed by atoms with E-state index >= 15 is 0 Å². The number of rotatable bonds is 3. The number of hydrogen-bond acceptors (Lipinski definition) is 2. The zero-order valence-electron chi connectivity index (χ0n) is 4.23. The van der Waals surface area contributed by atoms with E-state index in [2.05, 4.69) is 5.32 Å². The summed E-state index contributed by atoms with van der Waals surface area (Å²) in [6, 6.07) is 0. The molecule has 1 N–H and O–H groups in total. The molecule has 41 valence electrons. The van der Waals surface area contributed by atoms with Gasteiger partial charge in [0.25, 0.3) is 0 Å². The van der Waals surface area contributed by atoms with E-state index in [1.54, 1.807) is 0 Å². The fourth-order valence-corrected chi connectivity index (χ4v) is 0.227. The SMILES string of the molecule is [C+]#CCNCC([O])=O. The normalized spacial score (nSPS) is 8.25. The van der Waals surface area contributed by atoms with E-state index in [0.717, 1.165) is 0 Å². The van der Waals surface area contributed by atoms with Crippen LogP contribution in [0.15, 0.2) is 0 Å². The minimum absolute atomic E-state index is 0.161. The molecule has 0 saturated carbocycles. The van der Waals surface area contributed by atoms with Gasteiger partial charge in [0, 0.05) is 0 Å². The van der Waals surface area contributed by atoms with Crippen molar-refractivity contribution in [2.75, 3.05) is 13.1 Å². The molecular weight excluding hydrogens is 106 g/mol. The number of nitrogens with one attached hydrogen (secondary N) is 1. The topological polar surface area (TPSA) is 49.0 Å². The first-order valence-corrected chi connectivity index (χ1v) is 2.07. The van der Waals surface area contributed by atoms with Gasteiger partial charge in [-0.25, -0.2) is 0 Å². The summed E-state index contributed by atoms with van der Waals surface area (Å²) in [4.78, 5) is 9.61. The van der Waals surface area contributed by atoms with E-state index in [0.29, 0.717) is 0 Å². The van der Waals surface area contributed by atoms with E-state index in [4.69, 9.17) is 6.42 Å². The number of hydrogen-bond donors (Lipinski definition) is 1. The molecule has 0 atom stereocenters. The van der Waals surface area contributed by atoms with Crippen molar-refractivity contribution in [3.63, 3.8) is 0 Å². The second-order valence-electron chi connectivity index (χ2n) is 1.15. The third-order valence-electron chi connectivity index (χ3n) is 0.483. The Morgan fingerprint density at radius 3 is 2.75 bits per heavy atom. The van der Waals surface area contributed by atoms with E-state index in [-0.39, 0.29) is 13.1 Å². The molecular formula is C5H5NO2+. The van der Waals surface area contributed by atoms with E-state index in [9.17, 15) is 9.90 Å². The van der Waals surface area contributed by atoms with Crippen LogP contribution in [0, 0.1) is 12.3 Å². The molecule has 0 aliphatic heterocycles. The van der Waals surface area contributed by atoms with Gasteiger partial charge in [-0.05, 0) is 0 Å². The third kappa shape index (κ3) is 5.21. The maximum absolute atomic E-state index is 9.61. The monoisotopic (exact) mass is 111 g/mol.